The zero-order valence-electron chi connectivity index (χ0n) is 10.6. The molecule has 1 heterocycles. The molecule has 0 aromatic rings. The summed E-state index contributed by atoms with van der Waals surface area (Å²) in [6.45, 7) is 6.94. The normalized spacial score (nSPS) is 24.6. The lowest BCUT2D eigenvalue weighted by Gasteiger charge is -2.35. The van der Waals surface area contributed by atoms with E-state index in [1.54, 1.807) is 0 Å². The third-order valence-corrected chi connectivity index (χ3v) is 3.49. The number of ether oxygens (including phenoxy) is 1. The van der Waals surface area contributed by atoms with E-state index in [-0.39, 0.29) is 6.61 Å². The minimum atomic E-state index is 0.124. The third kappa shape index (κ3) is 4.78. The molecule has 0 radical (unpaired) electrons. The maximum Gasteiger partial charge on any atom is 0.0698 e. The fraction of sp³-hybridized carbons (Fsp3) is 1.00. The van der Waals surface area contributed by atoms with Gasteiger partial charge in [-0.05, 0) is 39.3 Å². The first-order valence-electron chi connectivity index (χ1n) is 6.36. The van der Waals surface area contributed by atoms with Gasteiger partial charge >= 0.3 is 0 Å². The topological polar surface area (TPSA) is 44.7 Å². The molecule has 4 heteroatoms. The van der Waals surface area contributed by atoms with Crippen molar-refractivity contribution in [3.8, 4) is 0 Å². The summed E-state index contributed by atoms with van der Waals surface area (Å²) in [6.07, 6.45) is 2.62. The third-order valence-electron chi connectivity index (χ3n) is 3.49. The first kappa shape index (κ1) is 13.9. The molecule has 1 aliphatic heterocycles. The summed E-state index contributed by atoms with van der Waals surface area (Å²) in [5.74, 6) is 0.761. The van der Waals surface area contributed by atoms with Gasteiger partial charge in [0.25, 0.3) is 0 Å². The number of nitrogens with one attached hydrogen (secondary N) is 1. The van der Waals surface area contributed by atoms with E-state index in [0.717, 1.165) is 19.1 Å². The predicted octanol–water partition coefficient (Wildman–Crippen LogP) is 0.315. The molecule has 0 spiro atoms. The molecular formula is C12H26N2O2. The molecule has 1 rings (SSSR count). The van der Waals surface area contributed by atoms with Crippen LogP contribution in [-0.4, -0.2) is 62.6 Å². The van der Waals surface area contributed by atoms with Crippen LogP contribution in [0.25, 0.3) is 0 Å². The number of likely N-dealkylation sites (tertiary alicyclic amines) is 1. The SMILES string of the molecule is CNC(C)C1CCCN(CCOCCO)C1. The lowest BCUT2D eigenvalue weighted by Crippen LogP contribution is -2.44. The molecule has 4 nitrogen and oxygen atoms in total. The van der Waals surface area contributed by atoms with Crippen LogP contribution in [0.3, 0.4) is 0 Å². The van der Waals surface area contributed by atoms with E-state index in [0.29, 0.717) is 12.6 Å². The molecular weight excluding hydrogens is 204 g/mol. The fourth-order valence-corrected chi connectivity index (χ4v) is 2.30. The van der Waals surface area contributed by atoms with Crippen LogP contribution in [0.5, 0.6) is 0 Å². The van der Waals surface area contributed by atoms with Gasteiger partial charge in [-0.15, -0.1) is 0 Å². The number of aliphatic hydroxyl groups excluding tert-OH is 1. The maximum absolute atomic E-state index is 8.60. The lowest BCUT2D eigenvalue weighted by atomic mass is 9.92. The van der Waals surface area contributed by atoms with Crippen LogP contribution in [0.2, 0.25) is 0 Å². The lowest BCUT2D eigenvalue weighted by molar-refractivity contribution is 0.0596. The predicted molar refractivity (Wildman–Crippen MR) is 65.6 cm³/mol. The summed E-state index contributed by atoms with van der Waals surface area (Å²) in [5, 5.41) is 11.9. The van der Waals surface area contributed by atoms with Gasteiger partial charge in [-0.25, -0.2) is 0 Å². The Morgan fingerprint density at radius 3 is 3.00 bits per heavy atom. The Bertz CT molecular complexity index is 178. The molecule has 0 aromatic carbocycles. The monoisotopic (exact) mass is 230 g/mol. The smallest absolute Gasteiger partial charge is 0.0698 e. The molecule has 2 atom stereocenters. The highest BCUT2D eigenvalue weighted by Gasteiger charge is 2.23. The number of rotatable bonds is 7. The van der Waals surface area contributed by atoms with Crippen LogP contribution in [0.4, 0.5) is 0 Å². The minimum Gasteiger partial charge on any atom is -0.394 e. The first-order chi connectivity index (χ1) is 7.77. The van der Waals surface area contributed by atoms with Gasteiger partial charge in [0.15, 0.2) is 0 Å². The van der Waals surface area contributed by atoms with Crippen LogP contribution in [0.15, 0.2) is 0 Å². The van der Waals surface area contributed by atoms with Gasteiger partial charge in [-0.1, -0.05) is 0 Å². The van der Waals surface area contributed by atoms with Crippen molar-refractivity contribution in [3.63, 3.8) is 0 Å². The fourth-order valence-electron chi connectivity index (χ4n) is 2.30. The highest BCUT2D eigenvalue weighted by atomic mass is 16.5. The van der Waals surface area contributed by atoms with E-state index >= 15 is 0 Å². The van der Waals surface area contributed by atoms with E-state index in [2.05, 4.69) is 17.1 Å². The van der Waals surface area contributed by atoms with Crippen LogP contribution in [0, 0.1) is 5.92 Å². The van der Waals surface area contributed by atoms with Crippen LogP contribution in [-0.2, 0) is 4.74 Å². The van der Waals surface area contributed by atoms with Gasteiger partial charge in [0.2, 0.25) is 0 Å². The number of hydrogen-bond donors (Lipinski definition) is 2. The van der Waals surface area contributed by atoms with Crippen molar-refractivity contribution >= 4 is 0 Å². The number of piperidine rings is 1. The molecule has 0 amide bonds. The van der Waals surface area contributed by atoms with E-state index in [1.807, 2.05) is 7.05 Å². The molecule has 1 aliphatic rings. The molecule has 1 saturated heterocycles. The Labute approximate surface area is 99.0 Å². The van der Waals surface area contributed by atoms with Crippen molar-refractivity contribution in [3.05, 3.63) is 0 Å². The van der Waals surface area contributed by atoms with E-state index in [4.69, 9.17) is 9.84 Å². The number of aliphatic hydroxyl groups is 1. The highest BCUT2D eigenvalue weighted by molar-refractivity contribution is 4.79. The summed E-state index contributed by atoms with van der Waals surface area (Å²) in [6, 6.07) is 0.598. The Balaban J connectivity index is 2.17. The van der Waals surface area contributed by atoms with Crippen LogP contribution >= 0.6 is 0 Å². The maximum atomic E-state index is 8.60. The first-order valence-corrected chi connectivity index (χ1v) is 6.36. The van der Waals surface area contributed by atoms with E-state index in [9.17, 15) is 0 Å². The zero-order chi connectivity index (χ0) is 11.8. The Morgan fingerprint density at radius 2 is 2.31 bits per heavy atom. The standard InChI is InChI=1S/C12H26N2O2/c1-11(13-2)12-4-3-5-14(10-12)6-8-16-9-7-15/h11-13,15H,3-10H2,1-2H3. The molecule has 1 fully saturated rings. The molecule has 0 aliphatic carbocycles. The molecule has 0 bridgehead atoms. The van der Waals surface area contributed by atoms with Gasteiger partial charge in [0.1, 0.15) is 0 Å². The van der Waals surface area contributed by atoms with E-state index in [1.165, 1.54) is 25.9 Å². The van der Waals surface area contributed by atoms with Crippen molar-refractivity contribution in [2.75, 3.05) is 46.5 Å². The summed E-state index contributed by atoms with van der Waals surface area (Å²) in [5.41, 5.74) is 0. The average molecular weight is 230 g/mol. The summed E-state index contributed by atoms with van der Waals surface area (Å²) in [4.78, 5) is 2.47. The summed E-state index contributed by atoms with van der Waals surface area (Å²) >= 11 is 0. The van der Waals surface area contributed by atoms with Crippen LogP contribution in [0.1, 0.15) is 19.8 Å². The quantitative estimate of drug-likeness (QED) is 0.618. The number of hydrogen-bond acceptors (Lipinski definition) is 4. The second-order valence-electron chi connectivity index (χ2n) is 4.62. The second kappa shape index (κ2) is 8.01. The van der Waals surface area contributed by atoms with Crippen molar-refractivity contribution in [2.24, 2.45) is 5.92 Å². The molecule has 96 valence electrons. The molecule has 0 aromatic heterocycles. The Kier molecular flexibility index (Phi) is 6.96. The van der Waals surface area contributed by atoms with Crippen LogP contribution < -0.4 is 5.32 Å². The van der Waals surface area contributed by atoms with Gasteiger partial charge in [-0.2, -0.15) is 0 Å². The van der Waals surface area contributed by atoms with Gasteiger partial charge in [-0.3, -0.25) is 0 Å². The second-order valence-corrected chi connectivity index (χ2v) is 4.62. The van der Waals surface area contributed by atoms with Crippen molar-refractivity contribution in [1.82, 2.24) is 10.2 Å². The Hall–Kier alpha value is -0.160. The molecule has 0 saturated carbocycles. The zero-order valence-corrected chi connectivity index (χ0v) is 10.6. The van der Waals surface area contributed by atoms with Gasteiger partial charge < -0.3 is 20.1 Å². The molecule has 16 heavy (non-hydrogen) atoms. The van der Waals surface area contributed by atoms with Crippen molar-refractivity contribution in [2.45, 2.75) is 25.8 Å². The highest BCUT2D eigenvalue weighted by Crippen LogP contribution is 2.19. The molecule has 2 unspecified atom stereocenters. The van der Waals surface area contributed by atoms with Gasteiger partial charge in [0, 0.05) is 19.1 Å². The largest absolute Gasteiger partial charge is 0.394 e. The number of nitrogens with zero attached hydrogens (tertiary/aromatic N) is 1. The van der Waals surface area contributed by atoms with Gasteiger partial charge in [0.05, 0.1) is 19.8 Å². The average Bonchev–Trinajstić information content (AvgIpc) is 2.34. The summed E-state index contributed by atoms with van der Waals surface area (Å²) in [7, 11) is 2.04. The van der Waals surface area contributed by atoms with Crippen molar-refractivity contribution in [1.29, 1.82) is 0 Å². The van der Waals surface area contributed by atoms with Crippen molar-refractivity contribution < 1.29 is 9.84 Å². The Morgan fingerprint density at radius 1 is 1.50 bits per heavy atom. The summed E-state index contributed by atoms with van der Waals surface area (Å²) < 4.78 is 5.30. The minimum absolute atomic E-state index is 0.124. The van der Waals surface area contributed by atoms with E-state index < -0.39 is 0 Å². The molecule has 2 N–H and O–H groups in total.